The number of hydrogen-bond acceptors (Lipinski definition) is 7. The molecule has 0 aliphatic rings. The number of esters is 1. The van der Waals surface area contributed by atoms with Crippen molar-refractivity contribution in [3.8, 4) is 11.1 Å². The maximum absolute atomic E-state index is 14.6. The first-order chi connectivity index (χ1) is 21.9. The Balaban J connectivity index is 1.61. The van der Waals surface area contributed by atoms with Crippen molar-refractivity contribution >= 4 is 158 Å². The fourth-order valence-corrected chi connectivity index (χ4v) is 10.5. The number of rotatable bonds is 6. The molecule has 0 saturated heterocycles. The topological polar surface area (TPSA) is 63.7 Å². The number of carbonyl (C=O) groups is 3. The second-order valence-electron chi connectivity index (χ2n) is 9.51. The summed E-state index contributed by atoms with van der Waals surface area (Å²) in [6.45, 7) is 1.69. The number of nitrogens with zero attached hydrogens (tertiary/aromatic N) is 1. The maximum Gasteiger partial charge on any atom is 0.341 e. The number of amides is 2. The third-order valence-corrected chi connectivity index (χ3v) is 12.2. The van der Waals surface area contributed by atoms with E-state index in [1.165, 1.54) is 12.1 Å². The molecule has 3 aromatic carbocycles. The molecule has 234 valence electrons. The van der Waals surface area contributed by atoms with E-state index in [0.29, 0.717) is 46.4 Å². The van der Waals surface area contributed by atoms with Gasteiger partial charge in [0.05, 0.1) is 26.7 Å². The standard InChI is InChI=1S/C31H14Cl7NO4S3/c1-2-43-31(42)21-16(12-3-5-13(32)6-4-12)11-44-30(21)39(28(40)26-24(37)22-17(35)7-14(33)9-19(22)45-26)29(41)27-25(38)23-18(36)8-15(34)10-20(23)46-27/h3-11H,2H2,1H3. The highest BCUT2D eigenvalue weighted by atomic mass is 35.5. The van der Waals surface area contributed by atoms with Gasteiger partial charge in [-0.05, 0) is 48.9 Å². The fourth-order valence-electron chi connectivity index (χ4n) is 4.73. The van der Waals surface area contributed by atoms with Crippen molar-refractivity contribution in [3.63, 3.8) is 0 Å². The minimum atomic E-state index is -0.823. The lowest BCUT2D eigenvalue weighted by atomic mass is 10.0. The molecule has 0 saturated carbocycles. The molecule has 0 fully saturated rings. The average molecular weight is 809 g/mol. The Morgan fingerprint density at radius 2 is 1.22 bits per heavy atom. The van der Waals surface area contributed by atoms with Gasteiger partial charge in [0.15, 0.2) is 0 Å². The van der Waals surface area contributed by atoms with Gasteiger partial charge in [-0.1, -0.05) is 93.3 Å². The van der Waals surface area contributed by atoms with Crippen LogP contribution in [0.1, 0.15) is 36.6 Å². The van der Waals surface area contributed by atoms with Crippen molar-refractivity contribution in [2.75, 3.05) is 11.5 Å². The minimum absolute atomic E-state index is 0.00583. The van der Waals surface area contributed by atoms with Crippen molar-refractivity contribution in [2.45, 2.75) is 6.92 Å². The lowest BCUT2D eigenvalue weighted by molar-refractivity contribution is 0.0529. The summed E-state index contributed by atoms with van der Waals surface area (Å²) >= 11 is 48.0. The molecule has 6 aromatic rings. The molecule has 6 rings (SSSR count). The van der Waals surface area contributed by atoms with Crippen molar-refractivity contribution in [3.05, 3.63) is 104 Å². The van der Waals surface area contributed by atoms with Gasteiger partial charge in [-0.15, -0.1) is 34.0 Å². The van der Waals surface area contributed by atoms with E-state index in [-0.39, 0.29) is 47.0 Å². The highest BCUT2D eigenvalue weighted by Gasteiger charge is 2.37. The number of fused-ring (bicyclic) bond motifs is 2. The molecule has 0 aliphatic heterocycles. The molecule has 0 N–H and O–H groups in total. The number of hydrogen-bond donors (Lipinski definition) is 0. The molecule has 3 heterocycles. The fraction of sp³-hybridized carbons (Fsp3) is 0.0645. The van der Waals surface area contributed by atoms with Crippen LogP contribution in [0.25, 0.3) is 31.3 Å². The van der Waals surface area contributed by atoms with Crippen LogP contribution in [0.5, 0.6) is 0 Å². The predicted octanol–water partition coefficient (Wildman–Crippen LogP) is 13.1. The number of anilines is 1. The van der Waals surface area contributed by atoms with Crippen molar-refractivity contribution in [1.82, 2.24) is 0 Å². The van der Waals surface area contributed by atoms with Gasteiger partial charge in [-0.3, -0.25) is 9.59 Å². The molecular formula is C31H14Cl7NO4S3. The molecule has 2 amide bonds. The molecule has 0 aliphatic carbocycles. The van der Waals surface area contributed by atoms with Crippen LogP contribution in [0, 0.1) is 0 Å². The first-order valence-corrected chi connectivity index (χ1v) is 18.1. The molecule has 0 bridgehead atoms. The van der Waals surface area contributed by atoms with Gasteiger partial charge >= 0.3 is 5.97 Å². The molecule has 5 nitrogen and oxygen atoms in total. The van der Waals surface area contributed by atoms with E-state index in [1.807, 2.05) is 0 Å². The largest absolute Gasteiger partial charge is 0.462 e. The summed E-state index contributed by atoms with van der Waals surface area (Å²) in [5.74, 6) is -2.39. The van der Waals surface area contributed by atoms with E-state index in [0.717, 1.165) is 38.9 Å². The first-order valence-electron chi connectivity index (χ1n) is 13.0. The van der Waals surface area contributed by atoms with Crippen LogP contribution >= 0.6 is 115 Å². The normalized spacial score (nSPS) is 11.4. The Morgan fingerprint density at radius 1 is 0.717 bits per heavy atom. The van der Waals surface area contributed by atoms with Crippen LogP contribution in [0.4, 0.5) is 5.00 Å². The minimum Gasteiger partial charge on any atom is -0.462 e. The zero-order chi connectivity index (χ0) is 33.0. The van der Waals surface area contributed by atoms with Crippen LogP contribution in [0.3, 0.4) is 0 Å². The van der Waals surface area contributed by atoms with E-state index in [1.54, 1.807) is 48.7 Å². The SMILES string of the molecule is CCOC(=O)c1c(-c2ccc(Cl)cc2)csc1N(C(=O)c1sc2cc(Cl)cc(Cl)c2c1Cl)C(=O)c1sc2cc(Cl)cc(Cl)c2c1Cl. The van der Waals surface area contributed by atoms with Gasteiger partial charge < -0.3 is 4.74 Å². The monoisotopic (exact) mass is 805 g/mol. The van der Waals surface area contributed by atoms with Gasteiger partial charge in [0.2, 0.25) is 0 Å². The summed E-state index contributed by atoms with van der Waals surface area (Å²) in [6.07, 6.45) is 0. The highest BCUT2D eigenvalue weighted by Crippen LogP contribution is 2.47. The van der Waals surface area contributed by atoms with Gasteiger partial charge in [0, 0.05) is 46.2 Å². The maximum atomic E-state index is 14.6. The summed E-state index contributed by atoms with van der Waals surface area (Å²) in [5.41, 5.74) is 1.03. The number of benzene rings is 3. The average Bonchev–Trinajstić information content (AvgIpc) is 3.67. The molecule has 15 heteroatoms. The van der Waals surface area contributed by atoms with E-state index < -0.39 is 17.8 Å². The van der Waals surface area contributed by atoms with Crippen LogP contribution < -0.4 is 4.90 Å². The van der Waals surface area contributed by atoms with Gasteiger partial charge in [0.25, 0.3) is 11.8 Å². The second-order valence-corrected chi connectivity index (χ2v) is 15.4. The van der Waals surface area contributed by atoms with Crippen molar-refractivity contribution < 1.29 is 19.1 Å². The highest BCUT2D eigenvalue weighted by molar-refractivity contribution is 7.23. The number of ether oxygens (including phenoxy) is 1. The van der Waals surface area contributed by atoms with E-state index in [9.17, 15) is 14.4 Å². The van der Waals surface area contributed by atoms with Crippen LogP contribution in [-0.2, 0) is 4.74 Å². The molecule has 46 heavy (non-hydrogen) atoms. The quantitative estimate of drug-likeness (QED) is 0.124. The van der Waals surface area contributed by atoms with Crippen LogP contribution in [-0.4, -0.2) is 24.4 Å². The number of imide groups is 1. The number of thiophene rings is 3. The number of halogens is 7. The Labute approximate surface area is 308 Å². The van der Waals surface area contributed by atoms with Crippen molar-refractivity contribution in [2.24, 2.45) is 0 Å². The summed E-state index contributed by atoms with van der Waals surface area (Å²) in [4.78, 5) is 43.7. The Morgan fingerprint density at radius 3 is 1.70 bits per heavy atom. The first kappa shape index (κ1) is 33.8. The van der Waals surface area contributed by atoms with E-state index in [2.05, 4.69) is 0 Å². The zero-order valence-corrected chi connectivity index (χ0v) is 30.6. The Hall–Kier alpha value is -2.08. The van der Waals surface area contributed by atoms with Gasteiger partial charge in [-0.25, -0.2) is 9.69 Å². The van der Waals surface area contributed by atoms with Crippen LogP contribution in [0.15, 0.2) is 53.9 Å². The summed E-state index contributed by atoms with van der Waals surface area (Å²) in [5, 5.41) is 4.11. The second kappa shape index (κ2) is 13.4. The smallest absolute Gasteiger partial charge is 0.341 e. The zero-order valence-electron chi connectivity index (χ0n) is 22.9. The lowest BCUT2D eigenvalue weighted by Crippen LogP contribution is -2.37. The molecular weight excluding hydrogens is 795 g/mol. The third-order valence-electron chi connectivity index (χ3n) is 6.70. The van der Waals surface area contributed by atoms with Crippen molar-refractivity contribution in [1.29, 1.82) is 0 Å². The van der Waals surface area contributed by atoms with Crippen LogP contribution in [0.2, 0.25) is 35.2 Å². The Bertz CT molecular complexity index is 2120. The summed E-state index contributed by atoms with van der Waals surface area (Å²) < 4.78 is 6.47. The molecule has 3 aromatic heterocycles. The van der Waals surface area contributed by atoms with Gasteiger partial charge in [-0.2, -0.15) is 0 Å². The van der Waals surface area contributed by atoms with E-state index >= 15 is 0 Å². The lowest BCUT2D eigenvalue weighted by Gasteiger charge is -2.20. The molecule has 0 atom stereocenters. The van der Waals surface area contributed by atoms with E-state index in [4.69, 9.17) is 85.9 Å². The predicted molar refractivity (Wildman–Crippen MR) is 196 cm³/mol. The third kappa shape index (κ3) is 6.03. The van der Waals surface area contributed by atoms with Gasteiger partial charge in [0.1, 0.15) is 20.3 Å². The summed E-state index contributed by atoms with van der Waals surface area (Å²) in [6, 6.07) is 13.0. The summed E-state index contributed by atoms with van der Waals surface area (Å²) in [7, 11) is 0. The Kier molecular flexibility index (Phi) is 9.88. The molecule has 0 unspecified atom stereocenters. The molecule has 0 spiro atoms. The molecule has 0 radical (unpaired) electrons. The number of carbonyl (C=O) groups excluding carboxylic acids is 3.